The molecule has 0 aromatic heterocycles. The van der Waals surface area contributed by atoms with E-state index in [-0.39, 0.29) is 17.4 Å². The molecule has 2 amide bonds. The number of aryl methyl sites for hydroxylation is 1. The summed E-state index contributed by atoms with van der Waals surface area (Å²) in [6.45, 7) is 3.46. The minimum Gasteiger partial charge on any atom is -0.496 e. The maximum atomic E-state index is 13.6. The normalized spacial score (nSPS) is 13.5. The summed E-state index contributed by atoms with van der Waals surface area (Å²) >= 11 is 3.32. The van der Waals surface area contributed by atoms with Gasteiger partial charge in [0.15, 0.2) is 6.61 Å². The van der Waals surface area contributed by atoms with E-state index in [0.29, 0.717) is 53.5 Å². The number of carbonyl (C=O) groups is 2. The standard InChI is InChI=1S/C29H31BrN4O7S/c1-21-3-7-23(8-4-21)34(42(37,38)25-11-12-27(39-2)26(30)17-25)19-28(35)32-31-18-22-5-9-24(10-6-22)41-20-29(36)33-13-15-40-16-14-33/h3-12,17-18H,13-16,19-20H2,1-2H3,(H,32,35)/b31-18-. The van der Waals surface area contributed by atoms with Gasteiger partial charge in [-0.25, -0.2) is 13.8 Å². The van der Waals surface area contributed by atoms with E-state index in [2.05, 4.69) is 26.5 Å². The van der Waals surface area contributed by atoms with Gasteiger partial charge in [0, 0.05) is 13.1 Å². The Hall–Kier alpha value is -3.94. The zero-order valence-electron chi connectivity index (χ0n) is 23.2. The van der Waals surface area contributed by atoms with Crippen molar-refractivity contribution in [3.63, 3.8) is 0 Å². The quantitative estimate of drug-likeness (QED) is 0.247. The molecule has 13 heteroatoms. The fraction of sp³-hybridized carbons (Fsp3) is 0.276. The number of hydrogen-bond acceptors (Lipinski definition) is 8. The Morgan fingerprint density at radius 3 is 2.40 bits per heavy atom. The van der Waals surface area contributed by atoms with Crippen LogP contribution in [-0.4, -0.2) is 77.9 Å². The molecule has 3 aromatic rings. The lowest BCUT2D eigenvalue weighted by Gasteiger charge is -2.26. The average molecular weight is 660 g/mol. The number of nitrogens with one attached hydrogen (secondary N) is 1. The van der Waals surface area contributed by atoms with Crippen molar-refractivity contribution >= 4 is 49.7 Å². The molecule has 222 valence electrons. The molecule has 1 aliphatic rings. The minimum atomic E-state index is -4.12. The fourth-order valence-corrected chi connectivity index (χ4v) is 6.14. The molecule has 42 heavy (non-hydrogen) atoms. The molecule has 4 rings (SSSR count). The van der Waals surface area contributed by atoms with Gasteiger partial charge in [-0.05, 0) is 83.0 Å². The number of carbonyl (C=O) groups excluding carboxylic acids is 2. The van der Waals surface area contributed by atoms with Crippen LogP contribution in [0.2, 0.25) is 0 Å². The summed E-state index contributed by atoms with van der Waals surface area (Å²) in [6.07, 6.45) is 1.42. The van der Waals surface area contributed by atoms with Crippen molar-refractivity contribution in [2.75, 3.05) is 50.9 Å². The second-order valence-electron chi connectivity index (χ2n) is 9.29. The first-order valence-corrected chi connectivity index (χ1v) is 15.2. The second-order valence-corrected chi connectivity index (χ2v) is 12.0. The van der Waals surface area contributed by atoms with Gasteiger partial charge < -0.3 is 19.1 Å². The molecular formula is C29H31BrN4O7S. The number of anilines is 1. The zero-order valence-corrected chi connectivity index (χ0v) is 25.6. The summed E-state index contributed by atoms with van der Waals surface area (Å²) < 4.78 is 44.8. The molecule has 3 aromatic carbocycles. The first-order chi connectivity index (χ1) is 20.2. The van der Waals surface area contributed by atoms with Gasteiger partial charge in [-0.1, -0.05) is 17.7 Å². The van der Waals surface area contributed by atoms with Crippen molar-refractivity contribution in [3.05, 3.63) is 82.3 Å². The number of ether oxygens (including phenoxy) is 3. The Kier molecular flexibility index (Phi) is 10.6. The van der Waals surface area contributed by atoms with Crippen LogP contribution in [0.4, 0.5) is 5.69 Å². The van der Waals surface area contributed by atoms with Crippen LogP contribution >= 0.6 is 15.9 Å². The first-order valence-electron chi connectivity index (χ1n) is 13.0. The zero-order chi connectivity index (χ0) is 30.1. The van der Waals surface area contributed by atoms with Crippen LogP contribution in [0.5, 0.6) is 11.5 Å². The number of halogens is 1. The molecule has 1 saturated heterocycles. The van der Waals surface area contributed by atoms with Crippen LogP contribution in [0, 0.1) is 6.92 Å². The van der Waals surface area contributed by atoms with Crippen LogP contribution in [0.25, 0.3) is 0 Å². The van der Waals surface area contributed by atoms with E-state index in [0.717, 1.165) is 9.87 Å². The van der Waals surface area contributed by atoms with Crippen molar-refractivity contribution in [2.45, 2.75) is 11.8 Å². The third-order valence-electron chi connectivity index (χ3n) is 6.33. The maximum absolute atomic E-state index is 13.6. The molecular weight excluding hydrogens is 628 g/mol. The molecule has 0 radical (unpaired) electrons. The molecule has 0 aliphatic carbocycles. The van der Waals surface area contributed by atoms with Crippen LogP contribution in [-0.2, 0) is 24.3 Å². The molecule has 0 atom stereocenters. The molecule has 0 spiro atoms. The Bertz CT molecular complexity index is 1520. The summed E-state index contributed by atoms with van der Waals surface area (Å²) in [5, 5.41) is 3.98. The Labute approximate surface area is 253 Å². The molecule has 11 nitrogen and oxygen atoms in total. The van der Waals surface area contributed by atoms with E-state index in [1.54, 1.807) is 53.4 Å². The van der Waals surface area contributed by atoms with Crippen molar-refractivity contribution in [3.8, 4) is 11.5 Å². The smallest absolute Gasteiger partial charge is 0.264 e. The highest BCUT2D eigenvalue weighted by atomic mass is 79.9. The Morgan fingerprint density at radius 2 is 1.76 bits per heavy atom. The number of amides is 2. The van der Waals surface area contributed by atoms with Crippen molar-refractivity contribution in [1.29, 1.82) is 0 Å². The minimum absolute atomic E-state index is 0.0130. The molecule has 1 aliphatic heterocycles. The van der Waals surface area contributed by atoms with Gasteiger partial charge in [0.2, 0.25) is 0 Å². The monoisotopic (exact) mass is 658 g/mol. The van der Waals surface area contributed by atoms with Gasteiger partial charge >= 0.3 is 0 Å². The summed E-state index contributed by atoms with van der Waals surface area (Å²) in [6, 6.07) is 18.0. The number of rotatable bonds is 11. The second kappa shape index (κ2) is 14.3. The molecule has 0 unspecified atom stereocenters. The first kappa shape index (κ1) is 31.0. The Morgan fingerprint density at radius 1 is 1.07 bits per heavy atom. The highest BCUT2D eigenvalue weighted by molar-refractivity contribution is 9.10. The molecule has 1 fully saturated rings. The molecule has 1 N–H and O–H groups in total. The van der Waals surface area contributed by atoms with Gasteiger partial charge in [-0.3, -0.25) is 13.9 Å². The van der Waals surface area contributed by atoms with E-state index in [9.17, 15) is 18.0 Å². The van der Waals surface area contributed by atoms with Gasteiger partial charge in [0.25, 0.3) is 21.8 Å². The molecule has 1 heterocycles. The third-order valence-corrected chi connectivity index (χ3v) is 8.72. The van der Waals surface area contributed by atoms with E-state index >= 15 is 0 Å². The number of methoxy groups -OCH3 is 1. The fourth-order valence-electron chi connectivity index (χ4n) is 4.00. The van der Waals surface area contributed by atoms with Crippen LogP contribution < -0.4 is 19.2 Å². The van der Waals surface area contributed by atoms with Crippen molar-refractivity contribution in [2.24, 2.45) is 5.10 Å². The highest BCUT2D eigenvalue weighted by Gasteiger charge is 2.28. The van der Waals surface area contributed by atoms with Crippen LogP contribution in [0.15, 0.2) is 81.2 Å². The average Bonchev–Trinajstić information content (AvgIpc) is 3.00. The van der Waals surface area contributed by atoms with Crippen molar-refractivity contribution < 1.29 is 32.2 Å². The van der Waals surface area contributed by atoms with Gasteiger partial charge in [-0.2, -0.15) is 5.10 Å². The largest absolute Gasteiger partial charge is 0.496 e. The number of benzene rings is 3. The molecule has 0 saturated carbocycles. The lowest BCUT2D eigenvalue weighted by molar-refractivity contribution is -0.137. The summed E-state index contributed by atoms with van der Waals surface area (Å²) in [5.74, 6) is 0.253. The Balaban J connectivity index is 1.39. The lowest BCUT2D eigenvalue weighted by Crippen LogP contribution is -2.42. The van der Waals surface area contributed by atoms with Crippen molar-refractivity contribution in [1.82, 2.24) is 10.3 Å². The highest BCUT2D eigenvalue weighted by Crippen LogP contribution is 2.30. The lowest BCUT2D eigenvalue weighted by atomic mass is 10.2. The van der Waals surface area contributed by atoms with Crippen LogP contribution in [0.3, 0.4) is 0 Å². The van der Waals surface area contributed by atoms with Gasteiger partial charge in [0.1, 0.15) is 18.0 Å². The predicted molar refractivity (Wildman–Crippen MR) is 161 cm³/mol. The van der Waals surface area contributed by atoms with Gasteiger partial charge in [-0.15, -0.1) is 0 Å². The number of hydrazone groups is 1. The number of hydrogen-bond donors (Lipinski definition) is 1. The summed E-state index contributed by atoms with van der Waals surface area (Å²) in [7, 11) is -2.64. The van der Waals surface area contributed by atoms with E-state index in [1.807, 2.05) is 6.92 Å². The van der Waals surface area contributed by atoms with Crippen LogP contribution in [0.1, 0.15) is 11.1 Å². The topological polar surface area (TPSA) is 127 Å². The van der Waals surface area contributed by atoms with E-state index in [1.165, 1.54) is 31.5 Å². The molecule has 0 bridgehead atoms. The summed E-state index contributed by atoms with van der Waals surface area (Å²) in [5.41, 5.74) is 4.32. The van der Waals surface area contributed by atoms with E-state index in [4.69, 9.17) is 14.2 Å². The van der Waals surface area contributed by atoms with E-state index < -0.39 is 22.5 Å². The third kappa shape index (κ3) is 8.08. The maximum Gasteiger partial charge on any atom is 0.264 e. The number of nitrogens with zero attached hydrogens (tertiary/aromatic N) is 3. The number of sulfonamides is 1. The SMILES string of the molecule is COc1ccc(S(=O)(=O)N(CC(=O)N/N=C\c2ccc(OCC(=O)N3CCOCC3)cc2)c2ccc(C)cc2)cc1Br. The summed E-state index contributed by atoms with van der Waals surface area (Å²) in [4.78, 5) is 26.8. The number of morpholine rings is 1. The van der Waals surface area contributed by atoms with Gasteiger partial charge in [0.05, 0.1) is 41.6 Å². The predicted octanol–water partition coefficient (Wildman–Crippen LogP) is 3.35.